The van der Waals surface area contributed by atoms with Gasteiger partial charge in [0.1, 0.15) is 11.8 Å². The summed E-state index contributed by atoms with van der Waals surface area (Å²) in [4.78, 5) is 14.8. The summed E-state index contributed by atoms with van der Waals surface area (Å²) in [5.41, 5.74) is 0. The van der Waals surface area contributed by atoms with Gasteiger partial charge in [0.05, 0.1) is 11.5 Å². The fourth-order valence-electron chi connectivity index (χ4n) is 3.14. The van der Waals surface area contributed by atoms with Crippen LogP contribution < -0.4 is 9.46 Å². The molecule has 26 heavy (non-hydrogen) atoms. The summed E-state index contributed by atoms with van der Waals surface area (Å²) in [5, 5.41) is 0. The first-order chi connectivity index (χ1) is 12.3. The molecular formula is C19H30N2O4S. The summed E-state index contributed by atoms with van der Waals surface area (Å²) >= 11 is 0. The summed E-state index contributed by atoms with van der Waals surface area (Å²) in [6, 6.07) is 5.53. The summed E-state index contributed by atoms with van der Waals surface area (Å²) in [7, 11) is -3.77. The van der Waals surface area contributed by atoms with Crippen LogP contribution in [0, 0.1) is 5.92 Å². The van der Waals surface area contributed by atoms with Crippen LogP contribution in [0.15, 0.2) is 29.2 Å². The number of sulfonamides is 1. The Hall–Kier alpha value is -1.60. The van der Waals surface area contributed by atoms with Crippen molar-refractivity contribution in [2.75, 3.05) is 19.7 Å². The van der Waals surface area contributed by atoms with Crippen molar-refractivity contribution in [1.82, 2.24) is 9.62 Å². The molecule has 0 saturated carbocycles. The Labute approximate surface area is 157 Å². The van der Waals surface area contributed by atoms with Crippen molar-refractivity contribution in [2.45, 2.75) is 57.4 Å². The van der Waals surface area contributed by atoms with E-state index in [2.05, 4.69) is 4.72 Å². The molecule has 1 amide bonds. The average molecular weight is 383 g/mol. The van der Waals surface area contributed by atoms with Crippen molar-refractivity contribution in [2.24, 2.45) is 5.92 Å². The second-order valence-corrected chi connectivity index (χ2v) is 8.81. The minimum atomic E-state index is -3.77. The SMILES string of the molecule is CCOc1ccc(S(=O)(=O)N[C@H](CC(C)C)C(=O)N2CCCCC2)cc1. The molecule has 0 aromatic heterocycles. The first-order valence-electron chi connectivity index (χ1n) is 9.37. The number of nitrogens with one attached hydrogen (secondary N) is 1. The highest BCUT2D eigenvalue weighted by Crippen LogP contribution is 2.19. The van der Waals surface area contributed by atoms with Gasteiger partial charge in [-0.2, -0.15) is 4.72 Å². The van der Waals surface area contributed by atoms with Gasteiger partial charge >= 0.3 is 0 Å². The van der Waals surface area contributed by atoms with Crippen LogP contribution in [0.5, 0.6) is 5.75 Å². The summed E-state index contributed by atoms with van der Waals surface area (Å²) in [5.74, 6) is 0.708. The van der Waals surface area contributed by atoms with Gasteiger partial charge in [0, 0.05) is 13.1 Å². The summed E-state index contributed by atoms with van der Waals surface area (Å²) in [6.45, 7) is 7.78. The van der Waals surface area contributed by atoms with E-state index in [-0.39, 0.29) is 16.7 Å². The van der Waals surface area contributed by atoms with Crippen LogP contribution >= 0.6 is 0 Å². The third-order valence-electron chi connectivity index (χ3n) is 4.42. The van der Waals surface area contributed by atoms with Crippen molar-refractivity contribution >= 4 is 15.9 Å². The van der Waals surface area contributed by atoms with E-state index in [1.54, 1.807) is 17.0 Å². The van der Waals surface area contributed by atoms with Crippen molar-refractivity contribution < 1.29 is 17.9 Å². The van der Waals surface area contributed by atoms with E-state index in [1.807, 2.05) is 20.8 Å². The third kappa shape index (κ3) is 5.71. The number of amides is 1. The van der Waals surface area contributed by atoms with E-state index in [0.717, 1.165) is 19.3 Å². The molecule has 0 aliphatic carbocycles. The van der Waals surface area contributed by atoms with E-state index in [4.69, 9.17) is 4.74 Å². The van der Waals surface area contributed by atoms with Gasteiger partial charge in [0.15, 0.2) is 0 Å². The maximum Gasteiger partial charge on any atom is 0.241 e. The second kappa shape index (κ2) is 9.37. The number of nitrogens with zero attached hydrogens (tertiary/aromatic N) is 1. The fourth-order valence-corrected chi connectivity index (χ4v) is 4.34. The van der Waals surface area contributed by atoms with Crippen LogP contribution in [0.1, 0.15) is 46.5 Å². The minimum absolute atomic E-state index is 0.118. The molecule has 1 aliphatic heterocycles. The number of likely N-dealkylation sites (tertiary alicyclic amines) is 1. The first-order valence-corrected chi connectivity index (χ1v) is 10.9. The Morgan fingerprint density at radius 3 is 2.31 bits per heavy atom. The van der Waals surface area contributed by atoms with E-state index in [1.165, 1.54) is 12.1 Å². The molecule has 1 N–H and O–H groups in total. The lowest BCUT2D eigenvalue weighted by molar-refractivity contribution is -0.134. The molecule has 0 bridgehead atoms. The van der Waals surface area contributed by atoms with Crippen LogP contribution in [-0.4, -0.2) is 45.0 Å². The lowest BCUT2D eigenvalue weighted by Gasteiger charge is -2.31. The molecule has 1 saturated heterocycles. The summed E-state index contributed by atoms with van der Waals surface area (Å²) in [6.07, 6.45) is 3.56. The molecule has 1 heterocycles. The molecule has 1 aliphatic rings. The molecule has 1 fully saturated rings. The van der Waals surface area contributed by atoms with Gasteiger partial charge in [0.2, 0.25) is 15.9 Å². The molecule has 2 rings (SSSR count). The highest BCUT2D eigenvalue weighted by atomic mass is 32.2. The van der Waals surface area contributed by atoms with E-state index >= 15 is 0 Å². The van der Waals surface area contributed by atoms with Crippen molar-refractivity contribution in [3.05, 3.63) is 24.3 Å². The molecule has 0 unspecified atom stereocenters. The monoisotopic (exact) mass is 382 g/mol. The van der Waals surface area contributed by atoms with Gasteiger partial charge in [-0.3, -0.25) is 4.79 Å². The number of ether oxygens (including phenoxy) is 1. The van der Waals surface area contributed by atoms with Crippen molar-refractivity contribution in [3.63, 3.8) is 0 Å². The van der Waals surface area contributed by atoms with Gasteiger partial charge in [-0.05, 0) is 62.8 Å². The number of rotatable bonds is 8. The van der Waals surface area contributed by atoms with Crippen LogP contribution in [-0.2, 0) is 14.8 Å². The average Bonchev–Trinajstić information content (AvgIpc) is 2.61. The molecule has 6 nitrogen and oxygen atoms in total. The Kier molecular flexibility index (Phi) is 7.46. The Bertz CT molecular complexity index is 680. The molecule has 0 radical (unpaired) electrons. The maximum atomic E-state index is 12.9. The van der Waals surface area contributed by atoms with Gasteiger partial charge in [-0.25, -0.2) is 8.42 Å². The number of benzene rings is 1. The largest absolute Gasteiger partial charge is 0.494 e. The quantitative estimate of drug-likeness (QED) is 0.750. The van der Waals surface area contributed by atoms with Gasteiger partial charge in [0.25, 0.3) is 0 Å². The maximum absolute atomic E-state index is 12.9. The minimum Gasteiger partial charge on any atom is -0.494 e. The Morgan fingerprint density at radius 2 is 1.77 bits per heavy atom. The smallest absolute Gasteiger partial charge is 0.241 e. The standard InChI is InChI=1S/C19H30N2O4S/c1-4-25-16-8-10-17(11-9-16)26(23,24)20-18(14-15(2)3)19(22)21-12-6-5-7-13-21/h8-11,15,18,20H,4-7,12-14H2,1-3H3/t18-/m1/s1. The van der Waals surface area contributed by atoms with Gasteiger partial charge in [-0.1, -0.05) is 13.8 Å². The second-order valence-electron chi connectivity index (χ2n) is 7.09. The van der Waals surface area contributed by atoms with Gasteiger partial charge < -0.3 is 9.64 Å². The lowest BCUT2D eigenvalue weighted by Crippen LogP contribution is -2.50. The molecule has 0 spiro atoms. The van der Waals surface area contributed by atoms with Crippen LogP contribution in [0.25, 0.3) is 0 Å². The number of carbonyl (C=O) groups excluding carboxylic acids is 1. The van der Waals surface area contributed by atoms with Crippen molar-refractivity contribution in [3.8, 4) is 5.75 Å². The Morgan fingerprint density at radius 1 is 1.15 bits per heavy atom. The zero-order chi connectivity index (χ0) is 19.2. The number of hydrogen-bond donors (Lipinski definition) is 1. The van der Waals surface area contributed by atoms with Crippen molar-refractivity contribution in [1.29, 1.82) is 0 Å². The predicted molar refractivity (Wildman–Crippen MR) is 102 cm³/mol. The predicted octanol–water partition coefficient (Wildman–Crippen LogP) is 2.79. The number of carbonyl (C=O) groups is 1. The number of piperidine rings is 1. The fraction of sp³-hybridized carbons (Fsp3) is 0.632. The zero-order valence-corrected chi connectivity index (χ0v) is 16.7. The van der Waals surface area contributed by atoms with Crippen LogP contribution in [0.4, 0.5) is 0 Å². The lowest BCUT2D eigenvalue weighted by atomic mass is 10.0. The molecule has 7 heteroatoms. The van der Waals surface area contributed by atoms with Gasteiger partial charge in [-0.15, -0.1) is 0 Å². The molecule has 1 atom stereocenters. The highest BCUT2D eigenvalue weighted by Gasteiger charge is 2.30. The van der Waals surface area contributed by atoms with E-state index < -0.39 is 16.1 Å². The topological polar surface area (TPSA) is 75.7 Å². The molecule has 1 aromatic carbocycles. The highest BCUT2D eigenvalue weighted by molar-refractivity contribution is 7.89. The molecule has 1 aromatic rings. The first kappa shape index (κ1) is 20.7. The van der Waals surface area contributed by atoms with Crippen LogP contribution in [0.2, 0.25) is 0 Å². The van der Waals surface area contributed by atoms with E-state index in [0.29, 0.717) is 31.9 Å². The normalized spacial score (nSPS) is 16.5. The Balaban J connectivity index is 2.15. The molecular weight excluding hydrogens is 352 g/mol. The molecule has 146 valence electrons. The third-order valence-corrected chi connectivity index (χ3v) is 5.90. The summed E-state index contributed by atoms with van der Waals surface area (Å²) < 4.78 is 33.5. The van der Waals surface area contributed by atoms with Crippen LogP contribution in [0.3, 0.4) is 0 Å². The zero-order valence-electron chi connectivity index (χ0n) is 15.9. The van der Waals surface area contributed by atoms with E-state index in [9.17, 15) is 13.2 Å². The number of hydrogen-bond acceptors (Lipinski definition) is 4.